The zero-order valence-electron chi connectivity index (χ0n) is 13.0. The van der Waals surface area contributed by atoms with Crippen molar-refractivity contribution in [3.63, 3.8) is 0 Å². The fraction of sp³-hybridized carbons (Fsp3) is 0.500. The summed E-state index contributed by atoms with van der Waals surface area (Å²) in [5, 5.41) is 6.08. The van der Waals surface area contributed by atoms with Gasteiger partial charge in [0.25, 0.3) is 0 Å². The van der Waals surface area contributed by atoms with Crippen LogP contribution in [0.5, 0.6) is 0 Å². The molecule has 2 rings (SSSR count). The highest BCUT2D eigenvalue weighted by molar-refractivity contribution is 9.10. The number of likely N-dealkylation sites (N-methyl/N-ethyl adjacent to an activating group) is 1. The van der Waals surface area contributed by atoms with Gasteiger partial charge in [0.05, 0.1) is 12.5 Å². The van der Waals surface area contributed by atoms with E-state index in [2.05, 4.69) is 26.6 Å². The number of rotatable bonds is 4. The van der Waals surface area contributed by atoms with E-state index in [1.807, 2.05) is 25.1 Å². The molecule has 120 valence electrons. The first kappa shape index (κ1) is 17.0. The lowest BCUT2D eigenvalue weighted by atomic mass is 9.98. The van der Waals surface area contributed by atoms with Gasteiger partial charge in [-0.3, -0.25) is 9.59 Å². The molecule has 1 aliphatic heterocycles. The predicted octanol–water partition coefficient (Wildman–Crippen LogP) is 2.15. The quantitative estimate of drug-likeness (QED) is 0.856. The van der Waals surface area contributed by atoms with E-state index in [1.165, 1.54) is 4.90 Å². The second kappa shape index (κ2) is 7.74. The number of nitrogens with one attached hydrogen (secondary N) is 2. The Balaban J connectivity index is 1.89. The lowest BCUT2D eigenvalue weighted by molar-refractivity contribution is -0.137. The van der Waals surface area contributed by atoms with Crippen LogP contribution in [-0.4, -0.2) is 43.4 Å². The Kier molecular flexibility index (Phi) is 5.97. The molecular formula is C16H22BrN3O2. The summed E-state index contributed by atoms with van der Waals surface area (Å²) in [5.74, 6) is -0.152. The smallest absolute Gasteiger partial charge is 0.243 e. The molecule has 0 bridgehead atoms. The molecule has 1 aromatic rings. The number of benzene rings is 1. The topological polar surface area (TPSA) is 61.4 Å². The van der Waals surface area contributed by atoms with Gasteiger partial charge >= 0.3 is 0 Å². The number of hydrogen-bond donors (Lipinski definition) is 2. The van der Waals surface area contributed by atoms with Crippen LogP contribution in [0.25, 0.3) is 0 Å². The molecule has 2 amide bonds. The summed E-state index contributed by atoms with van der Waals surface area (Å²) < 4.78 is 0.972. The Bertz CT molecular complexity index is 556. The molecule has 6 heteroatoms. The van der Waals surface area contributed by atoms with Crippen molar-refractivity contribution in [3.8, 4) is 0 Å². The van der Waals surface area contributed by atoms with Gasteiger partial charge in [-0.15, -0.1) is 0 Å². The van der Waals surface area contributed by atoms with E-state index in [0.717, 1.165) is 35.1 Å². The summed E-state index contributed by atoms with van der Waals surface area (Å²) in [4.78, 5) is 25.9. The molecule has 2 N–H and O–H groups in total. The van der Waals surface area contributed by atoms with Crippen LogP contribution < -0.4 is 10.6 Å². The van der Waals surface area contributed by atoms with Gasteiger partial charge in [-0.1, -0.05) is 15.9 Å². The van der Waals surface area contributed by atoms with Gasteiger partial charge < -0.3 is 15.5 Å². The monoisotopic (exact) mass is 367 g/mol. The van der Waals surface area contributed by atoms with Crippen molar-refractivity contribution in [1.82, 2.24) is 10.2 Å². The maximum Gasteiger partial charge on any atom is 0.243 e. The van der Waals surface area contributed by atoms with E-state index in [4.69, 9.17) is 0 Å². The zero-order valence-corrected chi connectivity index (χ0v) is 14.6. The number of anilines is 1. The molecule has 22 heavy (non-hydrogen) atoms. The molecular weight excluding hydrogens is 346 g/mol. The van der Waals surface area contributed by atoms with Crippen LogP contribution in [0.15, 0.2) is 22.7 Å². The van der Waals surface area contributed by atoms with Gasteiger partial charge in [0, 0.05) is 23.8 Å². The van der Waals surface area contributed by atoms with Crippen molar-refractivity contribution < 1.29 is 9.59 Å². The molecule has 0 aromatic heterocycles. The van der Waals surface area contributed by atoms with Crippen molar-refractivity contribution in [1.29, 1.82) is 0 Å². The summed E-state index contributed by atoms with van der Waals surface area (Å²) in [6.45, 7) is 3.68. The van der Waals surface area contributed by atoms with Crippen LogP contribution in [0.3, 0.4) is 0 Å². The lowest BCUT2D eigenvalue weighted by Crippen LogP contribution is -2.43. The summed E-state index contributed by atoms with van der Waals surface area (Å²) in [6, 6.07) is 5.67. The first-order chi connectivity index (χ1) is 10.5. The molecule has 1 aliphatic rings. The molecule has 0 saturated carbocycles. The third kappa shape index (κ3) is 4.55. The molecule has 1 saturated heterocycles. The molecule has 1 heterocycles. The average Bonchev–Trinajstić information content (AvgIpc) is 2.50. The minimum absolute atomic E-state index is 0.0130. The molecule has 1 aromatic carbocycles. The number of hydrogen-bond acceptors (Lipinski definition) is 3. The largest absolute Gasteiger partial charge is 0.336 e. The van der Waals surface area contributed by atoms with Crippen LogP contribution in [0, 0.1) is 12.8 Å². The van der Waals surface area contributed by atoms with Gasteiger partial charge in [-0.05, 0) is 50.1 Å². The Morgan fingerprint density at radius 3 is 2.86 bits per heavy atom. The van der Waals surface area contributed by atoms with Crippen molar-refractivity contribution in [2.24, 2.45) is 5.92 Å². The molecule has 0 aliphatic carbocycles. The SMILES string of the molecule is Cc1cc(Br)ccc1NC(=O)CN(C)C(=O)C1CCCNC1. The molecule has 0 spiro atoms. The first-order valence-electron chi connectivity index (χ1n) is 7.49. The Labute approximate surface area is 139 Å². The van der Waals surface area contributed by atoms with Crippen molar-refractivity contribution in [3.05, 3.63) is 28.2 Å². The number of carbonyl (C=O) groups is 2. The van der Waals surface area contributed by atoms with Gasteiger partial charge in [0.2, 0.25) is 11.8 Å². The minimum Gasteiger partial charge on any atom is -0.336 e. The van der Waals surface area contributed by atoms with E-state index >= 15 is 0 Å². The van der Waals surface area contributed by atoms with Crippen molar-refractivity contribution >= 4 is 33.4 Å². The second-order valence-electron chi connectivity index (χ2n) is 5.74. The number of piperidine rings is 1. The number of nitrogens with zero attached hydrogens (tertiary/aromatic N) is 1. The van der Waals surface area contributed by atoms with Crippen molar-refractivity contribution in [2.45, 2.75) is 19.8 Å². The maximum absolute atomic E-state index is 12.3. The van der Waals surface area contributed by atoms with Crippen LogP contribution in [0.2, 0.25) is 0 Å². The van der Waals surface area contributed by atoms with E-state index in [0.29, 0.717) is 6.54 Å². The van der Waals surface area contributed by atoms with E-state index in [9.17, 15) is 9.59 Å². The van der Waals surface area contributed by atoms with E-state index in [1.54, 1.807) is 7.05 Å². The fourth-order valence-corrected chi connectivity index (χ4v) is 3.10. The van der Waals surface area contributed by atoms with Crippen LogP contribution in [-0.2, 0) is 9.59 Å². The Morgan fingerprint density at radius 2 is 2.23 bits per heavy atom. The summed E-state index contributed by atoms with van der Waals surface area (Å²) >= 11 is 3.39. The zero-order chi connectivity index (χ0) is 16.1. The highest BCUT2D eigenvalue weighted by Gasteiger charge is 2.24. The average molecular weight is 368 g/mol. The first-order valence-corrected chi connectivity index (χ1v) is 8.28. The Hall–Kier alpha value is -1.40. The Morgan fingerprint density at radius 1 is 1.45 bits per heavy atom. The van der Waals surface area contributed by atoms with Gasteiger partial charge in [0.15, 0.2) is 0 Å². The van der Waals surface area contributed by atoms with Crippen molar-refractivity contribution in [2.75, 3.05) is 32.0 Å². The summed E-state index contributed by atoms with van der Waals surface area (Å²) in [5.41, 5.74) is 1.75. The molecule has 0 radical (unpaired) electrons. The number of carbonyl (C=O) groups excluding carboxylic acids is 2. The number of halogens is 1. The third-order valence-electron chi connectivity index (χ3n) is 3.87. The predicted molar refractivity (Wildman–Crippen MR) is 90.7 cm³/mol. The number of amides is 2. The highest BCUT2D eigenvalue weighted by Crippen LogP contribution is 2.20. The molecule has 1 fully saturated rings. The normalized spacial score (nSPS) is 17.9. The van der Waals surface area contributed by atoms with Crippen LogP contribution in [0.4, 0.5) is 5.69 Å². The standard InChI is InChI=1S/C16H22BrN3O2/c1-11-8-13(17)5-6-14(11)19-15(21)10-20(2)16(22)12-4-3-7-18-9-12/h5-6,8,12,18H,3-4,7,9-10H2,1-2H3,(H,19,21). The molecule has 1 unspecified atom stereocenters. The summed E-state index contributed by atoms with van der Waals surface area (Å²) in [7, 11) is 1.69. The van der Waals surface area contributed by atoms with Crippen LogP contribution in [0.1, 0.15) is 18.4 Å². The van der Waals surface area contributed by atoms with E-state index in [-0.39, 0.29) is 24.3 Å². The molecule has 5 nitrogen and oxygen atoms in total. The van der Waals surface area contributed by atoms with Gasteiger partial charge in [-0.2, -0.15) is 0 Å². The van der Waals surface area contributed by atoms with E-state index < -0.39 is 0 Å². The fourth-order valence-electron chi connectivity index (χ4n) is 2.62. The second-order valence-corrected chi connectivity index (χ2v) is 6.66. The lowest BCUT2D eigenvalue weighted by Gasteiger charge is -2.26. The third-order valence-corrected chi connectivity index (χ3v) is 4.36. The maximum atomic E-state index is 12.3. The van der Waals surface area contributed by atoms with Crippen LogP contribution >= 0.6 is 15.9 Å². The summed E-state index contributed by atoms with van der Waals surface area (Å²) in [6.07, 6.45) is 1.90. The molecule has 1 atom stereocenters. The number of aryl methyl sites for hydroxylation is 1. The highest BCUT2D eigenvalue weighted by atomic mass is 79.9. The van der Waals surface area contributed by atoms with Gasteiger partial charge in [0.1, 0.15) is 0 Å². The minimum atomic E-state index is -0.176. The van der Waals surface area contributed by atoms with Gasteiger partial charge in [-0.25, -0.2) is 0 Å².